The van der Waals surface area contributed by atoms with Crippen LogP contribution in [-0.2, 0) is 0 Å². The highest BCUT2D eigenvalue weighted by atomic mass is 15.1. The second-order valence-electron chi connectivity index (χ2n) is 4.01. The molecular formula is C9H18N. The molecule has 1 rings (SSSR count). The maximum Gasteiger partial charge on any atom is -0.00136 e. The van der Waals surface area contributed by atoms with Crippen LogP contribution in [0.25, 0.3) is 0 Å². The van der Waals surface area contributed by atoms with E-state index in [0.717, 1.165) is 6.54 Å². The van der Waals surface area contributed by atoms with Crippen molar-refractivity contribution in [2.75, 3.05) is 19.6 Å². The molecule has 59 valence electrons. The van der Waals surface area contributed by atoms with Crippen molar-refractivity contribution in [3.63, 3.8) is 0 Å². The van der Waals surface area contributed by atoms with Crippen LogP contribution in [0, 0.1) is 12.3 Å². The van der Waals surface area contributed by atoms with E-state index in [1.165, 1.54) is 25.9 Å². The van der Waals surface area contributed by atoms with Crippen molar-refractivity contribution in [2.24, 2.45) is 5.41 Å². The number of rotatable bonds is 1. The Morgan fingerprint density at radius 2 is 1.80 bits per heavy atom. The first kappa shape index (κ1) is 8.06. The van der Waals surface area contributed by atoms with Crippen LogP contribution >= 0.6 is 0 Å². The highest BCUT2D eigenvalue weighted by molar-refractivity contribution is 4.78. The Bertz CT molecular complexity index is 97.3. The quantitative estimate of drug-likeness (QED) is 0.538. The first-order valence-electron chi connectivity index (χ1n) is 4.16. The summed E-state index contributed by atoms with van der Waals surface area (Å²) in [5.74, 6) is 0. The van der Waals surface area contributed by atoms with Gasteiger partial charge in [0, 0.05) is 0 Å². The van der Waals surface area contributed by atoms with Gasteiger partial charge in [-0.05, 0) is 44.8 Å². The Labute approximate surface area is 64.4 Å². The van der Waals surface area contributed by atoms with Crippen LogP contribution in [0.15, 0.2) is 0 Å². The van der Waals surface area contributed by atoms with E-state index in [1.54, 1.807) is 0 Å². The third-order valence-corrected chi connectivity index (χ3v) is 2.53. The summed E-state index contributed by atoms with van der Waals surface area (Å²) in [6.45, 7) is 12.1. The third kappa shape index (κ3) is 1.98. The molecule has 0 spiro atoms. The van der Waals surface area contributed by atoms with E-state index >= 15 is 0 Å². The molecule has 10 heavy (non-hydrogen) atoms. The van der Waals surface area contributed by atoms with E-state index in [1.807, 2.05) is 0 Å². The summed E-state index contributed by atoms with van der Waals surface area (Å²) in [7, 11) is 0. The highest BCUT2D eigenvalue weighted by Gasteiger charge is 2.23. The molecule has 1 nitrogen and oxygen atoms in total. The average Bonchev–Trinajstić information content (AvgIpc) is 1.88. The molecule has 0 saturated carbocycles. The molecule has 0 amide bonds. The summed E-state index contributed by atoms with van der Waals surface area (Å²) < 4.78 is 0. The minimum absolute atomic E-state index is 0.589. The number of likely N-dealkylation sites (tertiary alicyclic amines) is 1. The topological polar surface area (TPSA) is 3.24 Å². The highest BCUT2D eigenvalue weighted by Crippen LogP contribution is 2.29. The number of piperidine rings is 1. The molecule has 0 bridgehead atoms. The van der Waals surface area contributed by atoms with E-state index < -0.39 is 0 Å². The maximum absolute atomic E-state index is 3.88. The van der Waals surface area contributed by atoms with Crippen molar-refractivity contribution >= 4 is 0 Å². The molecule has 0 N–H and O–H groups in total. The Kier molecular flexibility index (Phi) is 2.35. The first-order chi connectivity index (χ1) is 4.64. The second-order valence-corrected chi connectivity index (χ2v) is 4.01. The zero-order chi connectivity index (χ0) is 7.61. The number of hydrogen-bond donors (Lipinski definition) is 0. The molecule has 0 aromatic carbocycles. The largest absolute Gasteiger partial charge is 0.303 e. The summed E-state index contributed by atoms with van der Waals surface area (Å²) >= 11 is 0. The Balaban J connectivity index is 2.31. The van der Waals surface area contributed by atoms with E-state index in [0.29, 0.717) is 5.41 Å². The normalized spacial score (nSPS) is 26.7. The lowest BCUT2D eigenvalue weighted by atomic mass is 9.83. The van der Waals surface area contributed by atoms with Crippen molar-refractivity contribution in [2.45, 2.75) is 26.7 Å². The van der Waals surface area contributed by atoms with Gasteiger partial charge >= 0.3 is 0 Å². The second kappa shape index (κ2) is 2.91. The van der Waals surface area contributed by atoms with Gasteiger partial charge in [-0.2, -0.15) is 0 Å². The van der Waals surface area contributed by atoms with Gasteiger partial charge in [-0.25, -0.2) is 0 Å². The van der Waals surface area contributed by atoms with Crippen molar-refractivity contribution in [1.29, 1.82) is 0 Å². The molecule has 0 atom stereocenters. The van der Waals surface area contributed by atoms with Crippen molar-refractivity contribution in [1.82, 2.24) is 4.90 Å². The Morgan fingerprint density at radius 3 is 2.20 bits per heavy atom. The Hall–Kier alpha value is -0.0400. The first-order valence-corrected chi connectivity index (χ1v) is 4.16. The van der Waals surface area contributed by atoms with Crippen LogP contribution in [-0.4, -0.2) is 24.5 Å². The van der Waals surface area contributed by atoms with Gasteiger partial charge in [0.1, 0.15) is 0 Å². The minimum Gasteiger partial charge on any atom is -0.303 e. The molecule has 0 unspecified atom stereocenters. The van der Waals surface area contributed by atoms with Gasteiger partial charge in [-0.15, -0.1) is 0 Å². The smallest absolute Gasteiger partial charge is 0.00136 e. The molecular weight excluding hydrogens is 122 g/mol. The van der Waals surface area contributed by atoms with Gasteiger partial charge in [-0.1, -0.05) is 13.8 Å². The van der Waals surface area contributed by atoms with Crippen molar-refractivity contribution in [3.8, 4) is 0 Å². The summed E-state index contributed by atoms with van der Waals surface area (Å²) in [5.41, 5.74) is 0.589. The van der Waals surface area contributed by atoms with Crippen LogP contribution in [0.1, 0.15) is 26.7 Å². The fourth-order valence-electron chi connectivity index (χ4n) is 1.38. The van der Waals surface area contributed by atoms with E-state index in [-0.39, 0.29) is 0 Å². The zero-order valence-corrected chi connectivity index (χ0v) is 7.19. The third-order valence-electron chi connectivity index (χ3n) is 2.53. The van der Waals surface area contributed by atoms with Crippen LogP contribution in [0.3, 0.4) is 0 Å². The van der Waals surface area contributed by atoms with Gasteiger partial charge in [0.15, 0.2) is 0 Å². The molecule has 0 aromatic rings. The summed E-state index contributed by atoms with van der Waals surface area (Å²) in [5, 5.41) is 0. The molecule has 1 heterocycles. The predicted octanol–water partition coefficient (Wildman–Crippen LogP) is 1.94. The summed E-state index contributed by atoms with van der Waals surface area (Å²) in [6, 6.07) is 0. The van der Waals surface area contributed by atoms with E-state index in [9.17, 15) is 0 Å². The monoisotopic (exact) mass is 140 g/mol. The van der Waals surface area contributed by atoms with Gasteiger partial charge in [0.25, 0.3) is 0 Å². The minimum atomic E-state index is 0.589. The van der Waals surface area contributed by atoms with E-state index in [4.69, 9.17) is 0 Å². The molecule has 1 aliphatic rings. The van der Waals surface area contributed by atoms with Crippen LogP contribution in [0.2, 0.25) is 0 Å². The van der Waals surface area contributed by atoms with E-state index in [2.05, 4.69) is 25.7 Å². The summed E-state index contributed by atoms with van der Waals surface area (Å²) in [4.78, 5) is 2.42. The van der Waals surface area contributed by atoms with Crippen LogP contribution < -0.4 is 0 Å². The number of hydrogen-bond acceptors (Lipinski definition) is 1. The number of nitrogens with zero attached hydrogens (tertiary/aromatic N) is 1. The molecule has 0 aromatic heterocycles. The van der Waals surface area contributed by atoms with Gasteiger partial charge in [-0.3, -0.25) is 0 Å². The molecule has 1 radical (unpaired) electrons. The van der Waals surface area contributed by atoms with Crippen LogP contribution in [0.5, 0.6) is 0 Å². The summed E-state index contributed by atoms with van der Waals surface area (Å²) in [6.07, 6.45) is 2.67. The maximum atomic E-state index is 3.88. The van der Waals surface area contributed by atoms with Gasteiger partial charge in [0.05, 0.1) is 0 Å². The standard InChI is InChI=1S/C9H18N/c1-4-10-7-5-9(2,3)6-8-10/h1,4-8H2,2-3H3. The van der Waals surface area contributed by atoms with Gasteiger partial charge in [0.2, 0.25) is 0 Å². The SMILES string of the molecule is [CH2]CN1CCC(C)(C)CC1. The Morgan fingerprint density at radius 1 is 1.30 bits per heavy atom. The van der Waals surface area contributed by atoms with Crippen molar-refractivity contribution < 1.29 is 0 Å². The fraction of sp³-hybridized carbons (Fsp3) is 0.889. The lowest BCUT2D eigenvalue weighted by Crippen LogP contribution is -2.36. The lowest BCUT2D eigenvalue weighted by Gasteiger charge is -2.36. The molecule has 1 fully saturated rings. The predicted molar refractivity (Wildman–Crippen MR) is 44.8 cm³/mol. The zero-order valence-electron chi connectivity index (χ0n) is 7.19. The molecule has 1 heteroatoms. The average molecular weight is 140 g/mol. The fourth-order valence-corrected chi connectivity index (χ4v) is 1.38. The van der Waals surface area contributed by atoms with Gasteiger partial charge < -0.3 is 4.90 Å². The molecule has 0 aliphatic carbocycles. The van der Waals surface area contributed by atoms with Crippen molar-refractivity contribution in [3.05, 3.63) is 6.92 Å². The lowest BCUT2D eigenvalue weighted by molar-refractivity contribution is 0.143. The van der Waals surface area contributed by atoms with Crippen LogP contribution in [0.4, 0.5) is 0 Å². The molecule has 1 aliphatic heterocycles. The molecule has 1 saturated heterocycles.